The van der Waals surface area contributed by atoms with Crippen LogP contribution < -0.4 is 4.74 Å². The van der Waals surface area contributed by atoms with Crippen molar-refractivity contribution in [2.75, 3.05) is 26.3 Å². The molecule has 3 heterocycles. The molecule has 1 aliphatic rings. The van der Waals surface area contributed by atoms with E-state index in [2.05, 4.69) is 32.8 Å². The maximum atomic E-state index is 10.1. The van der Waals surface area contributed by atoms with E-state index in [1.165, 1.54) is 5.69 Å². The van der Waals surface area contributed by atoms with Gasteiger partial charge in [0.1, 0.15) is 11.6 Å². The van der Waals surface area contributed by atoms with Crippen molar-refractivity contribution in [2.24, 2.45) is 5.41 Å². The van der Waals surface area contributed by atoms with Crippen LogP contribution in [-0.2, 0) is 6.54 Å². The number of hydrogen-bond donors (Lipinski definition) is 1. The number of benzene rings is 1. The van der Waals surface area contributed by atoms with Crippen molar-refractivity contribution in [1.82, 2.24) is 14.5 Å². The number of aliphatic hydroxyl groups excluding tert-OH is 1. The van der Waals surface area contributed by atoms with Gasteiger partial charge in [0.25, 0.3) is 0 Å². The summed E-state index contributed by atoms with van der Waals surface area (Å²) in [6.07, 6.45) is 6.77. The molecule has 2 aromatic heterocycles. The van der Waals surface area contributed by atoms with Gasteiger partial charge in [-0.25, -0.2) is 4.98 Å². The highest BCUT2D eigenvalue weighted by Gasteiger charge is 2.34. The number of piperidine rings is 1. The summed E-state index contributed by atoms with van der Waals surface area (Å²) >= 11 is 0. The molecule has 1 aromatic carbocycles. The molecule has 0 spiro atoms. The molecule has 29 heavy (non-hydrogen) atoms. The third-order valence-electron chi connectivity index (χ3n) is 6.01. The van der Waals surface area contributed by atoms with Crippen LogP contribution in [-0.4, -0.2) is 45.9 Å². The highest BCUT2D eigenvalue weighted by molar-refractivity contribution is 5.27. The molecule has 0 unspecified atom stereocenters. The first-order valence-corrected chi connectivity index (χ1v) is 10.4. The van der Waals surface area contributed by atoms with Gasteiger partial charge in [0, 0.05) is 31.2 Å². The SMILES string of the molecule is OCC1(CCOc2ccccc2)CCN(Cc2cccn2-c2ccccn2)CC1. The monoisotopic (exact) mass is 391 g/mol. The minimum atomic E-state index is -0.0335. The van der Waals surface area contributed by atoms with Gasteiger partial charge < -0.3 is 14.4 Å². The summed E-state index contributed by atoms with van der Waals surface area (Å²) in [5, 5.41) is 10.1. The first-order chi connectivity index (χ1) is 14.3. The zero-order chi connectivity index (χ0) is 19.9. The summed E-state index contributed by atoms with van der Waals surface area (Å²) in [4.78, 5) is 6.94. The van der Waals surface area contributed by atoms with Gasteiger partial charge in [-0.15, -0.1) is 0 Å². The zero-order valence-corrected chi connectivity index (χ0v) is 16.8. The Labute approximate surface area is 172 Å². The number of rotatable bonds is 8. The quantitative estimate of drug-likeness (QED) is 0.632. The van der Waals surface area contributed by atoms with Crippen molar-refractivity contribution in [1.29, 1.82) is 0 Å². The van der Waals surface area contributed by atoms with Gasteiger partial charge in [0.15, 0.2) is 0 Å². The number of para-hydroxylation sites is 1. The lowest BCUT2D eigenvalue weighted by molar-refractivity contribution is 0.0238. The Bertz CT molecular complexity index is 871. The molecule has 0 bridgehead atoms. The third-order valence-corrected chi connectivity index (χ3v) is 6.01. The molecule has 0 amide bonds. The van der Waals surface area contributed by atoms with E-state index in [1.807, 2.05) is 54.7 Å². The predicted octanol–water partition coefficient (Wildman–Crippen LogP) is 3.92. The summed E-state index contributed by atoms with van der Waals surface area (Å²) in [7, 11) is 0. The van der Waals surface area contributed by atoms with E-state index < -0.39 is 0 Å². The molecule has 0 radical (unpaired) electrons. The van der Waals surface area contributed by atoms with E-state index in [-0.39, 0.29) is 12.0 Å². The van der Waals surface area contributed by atoms with E-state index in [0.29, 0.717) is 6.61 Å². The molecule has 4 rings (SSSR count). The maximum absolute atomic E-state index is 10.1. The van der Waals surface area contributed by atoms with Crippen LogP contribution in [0.2, 0.25) is 0 Å². The zero-order valence-electron chi connectivity index (χ0n) is 16.8. The lowest BCUT2D eigenvalue weighted by Gasteiger charge is -2.40. The number of hydrogen-bond acceptors (Lipinski definition) is 4. The molecule has 0 aliphatic carbocycles. The Morgan fingerprint density at radius 1 is 0.966 bits per heavy atom. The number of pyridine rings is 1. The van der Waals surface area contributed by atoms with Crippen LogP contribution >= 0.6 is 0 Å². The molecule has 152 valence electrons. The van der Waals surface area contributed by atoms with Gasteiger partial charge in [-0.1, -0.05) is 24.3 Å². The normalized spacial score (nSPS) is 16.6. The Morgan fingerprint density at radius 2 is 1.76 bits per heavy atom. The number of aromatic nitrogens is 2. The average molecular weight is 392 g/mol. The van der Waals surface area contributed by atoms with Gasteiger partial charge >= 0.3 is 0 Å². The van der Waals surface area contributed by atoms with Crippen molar-refractivity contribution in [2.45, 2.75) is 25.8 Å². The topological polar surface area (TPSA) is 50.5 Å². The summed E-state index contributed by atoms with van der Waals surface area (Å²) < 4.78 is 8.03. The lowest BCUT2D eigenvalue weighted by Crippen LogP contribution is -2.42. The van der Waals surface area contributed by atoms with Gasteiger partial charge in [0.05, 0.1) is 6.61 Å². The second-order valence-corrected chi connectivity index (χ2v) is 7.90. The van der Waals surface area contributed by atoms with Crippen LogP contribution in [0, 0.1) is 5.41 Å². The predicted molar refractivity (Wildman–Crippen MR) is 114 cm³/mol. The highest BCUT2D eigenvalue weighted by atomic mass is 16.5. The molecule has 3 aromatic rings. The molecule has 5 nitrogen and oxygen atoms in total. The van der Waals surface area contributed by atoms with E-state index in [1.54, 1.807) is 0 Å². The third kappa shape index (κ3) is 4.86. The molecule has 1 fully saturated rings. The van der Waals surface area contributed by atoms with Crippen LogP contribution in [0.25, 0.3) is 5.82 Å². The molecule has 1 saturated heterocycles. The van der Waals surface area contributed by atoms with E-state index >= 15 is 0 Å². The van der Waals surface area contributed by atoms with Crippen LogP contribution in [0.5, 0.6) is 5.75 Å². The van der Waals surface area contributed by atoms with E-state index in [9.17, 15) is 5.11 Å². The Kier molecular flexibility index (Phi) is 6.27. The first kappa shape index (κ1) is 19.7. The summed E-state index contributed by atoms with van der Waals surface area (Å²) in [5.41, 5.74) is 1.21. The van der Waals surface area contributed by atoms with Gasteiger partial charge in [0.2, 0.25) is 0 Å². The maximum Gasteiger partial charge on any atom is 0.136 e. The van der Waals surface area contributed by atoms with Crippen LogP contribution in [0.3, 0.4) is 0 Å². The minimum Gasteiger partial charge on any atom is -0.494 e. The molecule has 5 heteroatoms. The van der Waals surface area contributed by atoms with Crippen molar-refractivity contribution < 1.29 is 9.84 Å². The summed E-state index contributed by atoms with van der Waals surface area (Å²) in [6.45, 7) is 3.74. The molecule has 1 aliphatic heterocycles. The van der Waals surface area contributed by atoms with Gasteiger partial charge in [-0.05, 0) is 74.2 Å². The van der Waals surface area contributed by atoms with Gasteiger partial charge in [-0.2, -0.15) is 0 Å². The highest BCUT2D eigenvalue weighted by Crippen LogP contribution is 2.35. The van der Waals surface area contributed by atoms with Gasteiger partial charge in [-0.3, -0.25) is 4.90 Å². The second kappa shape index (κ2) is 9.25. The smallest absolute Gasteiger partial charge is 0.136 e. The molecular weight excluding hydrogens is 362 g/mol. The fraction of sp³-hybridized carbons (Fsp3) is 0.375. The average Bonchev–Trinajstić information content (AvgIpc) is 3.25. The Balaban J connectivity index is 1.31. The van der Waals surface area contributed by atoms with Crippen LogP contribution in [0.4, 0.5) is 0 Å². The van der Waals surface area contributed by atoms with Crippen molar-refractivity contribution >= 4 is 0 Å². The molecule has 0 atom stereocenters. The fourth-order valence-electron chi connectivity index (χ4n) is 4.07. The number of likely N-dealkylation sites (tertiary alicyclic amines) is 1. The first-order valence-electron chi connectivity index (χ1n) is 10.4. The Hall–Kier alpha value is -2.63. The minimum absolute atomic E-state index is 0.0335. The molecular formula is C24H29N3O2. The number of ether oxygens (including phenoxy) is 1. The lowest BCUT2D eigenvalue weighted by atomic mass is 9.76. The number of nitrogens with zero attached hydrogens (tertiary/aromatic N) is 3. The van der Waals surface area contributed by atoms with E-state index in [0.717, 1.165) is 50.5 Å². The largest absolute Gasteiger partial charge is 0.494 e. The fourth-order valence-corrected chi connectivity index (χ4v) is 4.07. The van der Waals surface area contributed by atoms with Crippen LogP contribution in [0.1, 0.15) is 25.0 Å². The van der Waals surface area contributed by atoms with Crippen LogP contribution in [0.15, 0.2) is 73.1 Å². The standard InChI is InChI=1S/C24H29N3O2/c28-20-24(13-18-29-22-8-2-1-3-9-22)11-16-26(17-12-24)19-21-7-6-15-27(21)23-10-4-5-14-25-23/h1-10,14-15,28H,11-13,16-20H2. The second-order valence-electron chi connectivity index (χ2n) is 7.90. The van der Waals surface area contributed by atoms with Crippen molar-refractivity contribution in [3.8, 4) is 11.6 Å². The van der Waals surface area contributed by atoms with Crippen molar-refractivity contribution in [3.05, 3.63) is 78.8 Å². The Morgan fingerprint density at radius 3 is 2.48 bits per heavy atom. The summed E-state index contributed by atoms with van der Waals surface area (Å²) in [5.74, 6) is 1.85. The van der Waals surface area contributed by atoms with Crippen molar-refractivity contribution in [3.63, 3.8) is 0 Å². The number of aliphatic hydroxyl groups is 1. The van der Waals surface area contributed by atoms with E-state index in [4.69, 9.17) is 4.74 Å². The summed E-state index contributed by atoms with van der Waals surface area (Å²) in [6, 6.07) is 20.1. The molecule has 1 N–H and O–H groups in total. The molecule has 0 saturated carbocycles.